The molecule has 5 aliphatic heterocycles. The van der Waals surface area contributed by atoms with E-state index in [1.54, 1.807) is 6.20 Å². The Bertz CT molecular complexity index is 2070. The lowest BCUT2D eigenvalue weighted by atomic mass is 9.41. The standard InChI is InChI=1S/C32H29B4N7O/c1-32(2,3)25-12-13-26-29(44-31-38-30-27(43(26)31)11-10-18-37-30)28(25)24-14-22-42-35-17-5-8-20-40(35)33-15-4-7-19-39(33)34-16-6-9-21-41(34)36(42)23-24/h4-23H,1-3H3. The first-order valence-corrected chi connectivity index (χ1v) is 15.2. The van der Waals surface area contributed by atoms with Crippen LogP contribution in [0, 0.1) is 0 Å². The Kier molecular flexibility index (Phi) is 5.37. The van der Waals surface area contributed by atoms with E-state index < -0.39 is 0 Å². The van der Waals surface area contributed by atoms with E-state index in [1.807, 2.05) is 12.1 Å². The maximum atomic E-state index is 6.63. The number of fused-ring (bicyclic) bond motifs is 13. The van der Waals surface area contributed by atoms with Crippen molar-refractivity contribution in [3.05, 3.63) is 133 Å². The highest BCUT2D eigenvalue weighted by Crippen LogP contribution is 2.40. The van der Waals surface area contributed by atoms with E-state index in [9.17, 15) is 0 Å². The molecule has 1 fully saturated rings. The molecule has 0 radical (unpaired) electrons. The van der Waals surface area contributed by atoms with Crippen molar-refractivity contribution in [3.63, 3.8) is 0 Å². The highest BCUT2D eigenvalue weighted by atomic mass is 16.4. The zero-order valence-electron chi connectivity index (χ0n) is 24.9. The predicted octanol–water partition coefficient (Wildman–Crippen LogP) is 5.42. The van der Waals surface area contributed by atoms with Gasteiger partial charge in [-0.25, -0.2) is 4.98 Å². The molecule has 0 unspecified atom stereocenters. The highest BCUT2D eigenvalue weighted by Gasteiger charge is 2.50. The van der Waals surface area contributed by atoms with Crippen molar-refractivity contribution in [2.24, 2.45) is 0 Å². The van der Waals surface area contributed by atoms with Gasteiger partial charge in [-0.05, 0) is 83.9 Å². The minimum atomic E-state index is -0.114. The second-order valence-corrected chi connectivity index (χ2v) is 12.8. The SMILES string of the molecule is CC(C)(C)c1ccc2c(oc3nc4ncccc4n32)c1C1=CB2N3C=CC=CB3N3C=CC=CB3N3C=CC=CB3N2C=C1. The number of hydrogen-bond donors (Lipinski definition) is 0. The molecule has 0 N–H and O–H groups in total. The van der Waals surface area contributed by atoms with Crippen molar-refractivity contribution in [1.29, 1.82) is 0 Å². The van der Waals surface area contributed by atoms with Crippen LogP contribution in [0.4, 0.5) is 0 Å². The summed E-state index contributed by atoms with van der Waals surface area (Å²) in [5.41, 5.74) is 6.83. The Hall–Kier alpha value is -4.98. The summed E-state index contributed by atoms with van der Waals surface area (Å²) in [5.74, 6) is 9.81. The smallest absolute Gasteiger partial charge is 0.381 e. The van der Waals surface area contributed by atoms with Gasteiger partial charge in [-0.15, -0.1) is 0 Å². The number of oxazole rings is 1. The molecule has 0 amide bonds. The van der Waals surface area contributed by atoms with E-state index in [4.69, 9.17) is 9.40 Å². The van der Waals surface area contributed by atoms with Crippen LogP contribution in [-0.4, -0.2) is 61.2 Å². The molecule has 4 aromatic rings. The van der Waals surface area contributed by atoms with Crippen LogP contribution in [0.15, 0.2) is 126 Å². The maximum absolute atomic E-state index is 6.63. The summed E-state index contributed by atoms with van der Waals surface area (Å²) in [7, 11) is 0. The van der Waals surface area contributed by atoms with Crippen molar-refractivity contribution >= 4 is 61.6 Å². The van der Waals surface area contributed by atoms with Crippen LogP contribution in [0.25, 0.3) is 33.7 Å². The molecule has 0 saturated carbocycles. The third-order valence-electron chi connectivity index (χ3n) is 9.22. The fourth-order valence-corrected chi connectivity index (χ4v) is 7.25. The first kappa shape index (κ1) is 25.5. The van der Waals surface area contributed by atoms with Crippen LogP contribution >= 0.6 is 0 Å². The van der Waals surface area contributed by atoms with Gasteiger partial charge in [0.1, 0.15) is 0 Å². The van der Waals surface area contributed by atoms with E-state index in [0.29, 0.717) is 11.5 Å². The van der Waals surface area contributed by atoms with Crippen molar-refractivity contribution < 1.29 is 4.42 Å². The lowest BCUT2D eigenvalue weighted by Crippen LogP contribution is -2.73. The van der Waals surface area contributed by atoms with Crippen LogP contribution in [0.5, 0.6) is 0 Å². The molecular weight excluding hydrogens is 542 g/mol. The molecule has 210 valence electrons. The van der Waals surface area contributed by atoms with Crippen molar-refractivity contribution in [1.82, 2.24) is 33.3 Å². The molecule has 0 bridgehead atoms. The summed E-state index contributed by atoms with van der Waals surface area (Å²) in [6, 6.07) is 8.42. The number of allylic oxidation sites excluding steroid dienone is 8. The van der Waals surface area contributed by atoms with Gasteiger partial charge in [0.2, 0.25) is 0 Å². The fourth-order valence-electron chi connectivity index (χ4n) is 7.25. The largest absolute Gasteiger partial charge is 0.423 e. The Morgan fingerprint density at radius 1 is 0.705 bits per heavy atom. The molecule has 44 heavy (non-hydrogen) atoms. The van der Waals surface area contributed by atoms with Gasteiger partial charge in [-0.1, -0.05) is 69.0 Å². The topological polar surface area (TPSA) is 56.3 Å². The molecular formula is C32H29B4N7O. The van der Waals surface area contributed by atoms with Crippen LogP contribution in [0.1, 0.15) is 31.9 Å². The Balaban J connectivity index is 1.26. The van der Waals surface area contributed by atoms with E-state index in [0.717, 1.165) is 27.8 Å². The third kappa shape index (κ3) is 3.63. The molecule has 1 saturated heterocycles. The number of aromatic nitrogens is 3. The quantitative estimate of drug-likeness (QED) is 0.283. The third-order valence-corrected chi connectivity index (χ3v) is 9.22. The van der Waals surface area contributed by atoms with Crippen LogP contribution in [-0.2, 0) is 5.41 Å². The summed E-state index contributed by atoms with van der Waals surface area (Å²) >= 11 is 0. The minimum Gasteiger partial charge on any atom is -0.423 e. The zero-order valence-corrected chi connectivity index (χ0v) is 24.9. The molecule has 0 aliphatic carbocycles. The second-order valence-electron chi connectivity index (χ2n) is 12.8. The monoisotopic (exact) mass is 571 g/mol. The lowest BCUT2D eigenvalue weighted by molar-refractivity contribution is 0.584. The zero-order chi connectivity index (χ0) is 29.6. The Labute approximate surface area is 257 Å². The van der Waals surface area contributed by atoms with Crippen LogP contribution in [0.2, 0.25) is 0 Å². The summed E-state index contributed by atoms with van der Waals surface area (Å²) in [6.07, 6.45) is 25.8. The summed E-state index contributed by atoms with van der Waals surface area (Å²) in [6.45, 7) is 6.89. The maximum Gasteiger partial charge on any atom is 0.381 e. The summed E-state index contributed by atoms with van der Waals surface area (Å²) < 4.78 is 18.5. The van der Waals surface area contributed by atoms with Gasteiger partial charge < -0.3 is 23.3 Å². The average molecular weight is 571 g/mol. The van der Waals surface area contributed by atoms with Crippen LogP contribution < -0.4 is 0 Å². The molecule has 0 atom stereocenters. The fraction of sp³-hybridized carbons (Fsp3) is 0.125. The number of rotatable bonds is 1. The van der Waals surface area contributed by atoms with Gasteiger partial charge in [0.25, 0.3) is 0 Å². The van der Waals surface area contributed by atoms with E-state index in [2.05, 4.69) is 152 Å². The van der Waals surface area contributed by atoms with Gasteiger partial charge in [0, 0.05) is 11.8 Å². The van der Waals surface area contributed by atoms with Crippen LogP contribution in [0.3, 0.4) is 0 Å². The van der Waals surface area contributed by atoms with E-state index in [-0.39, 0.29) is 33.3 Å². The van der Waals surface area contributed by atoms with E-state index in [1.165, 1.54) is 5.56 Å². The Morgan fingerprint density at radius 2 is 1.34 bits per heavy atom. The molecule has 0 spiro atoms. The normalized spacial score (nSPS) is 18.8. The first-order chi connectivity index (χ1) is 21.5. The number of imidazole rings is 1. The van der Waals surface area contributed by atoms with Gasteiger partial charge in [0.05, 0.1) is 11.0 Å². The van der Waals surface area contributed by atoms with Gasteiger partial charge in [-0.3, -0.25) is 4.40 Å². The van der Waals surface area contributed by atoms with Crippen molar-refractivity contribution in [2.45, 2.75) is 26.2 Å². The van der Waals surface area contributed by atoms with Gasteiger partial charge in [0.15, 0.2) is 11.2 Å². The molecule has 3 aromatic heterocycles. The van der Waals surface area contributed by atoms with Crippen molar-refractivity contribution in [2.75, 3.05) is 0 Å². The van der Waals surface area contributed by atoms with E-state index >= 15 is 0 Å². The summed E-state index contributed by atoms with van der Waals surface area (Å²) in [4.78, 5) is 9.20. The molecule has 8 heterocycles. The molecule has 9 rings (SSSR count). The molecule has 8 nitrogen and oxygen atoms in total. The number of nitrogens with zero attached hydrogens (tertiary/aromatic N) is 7. The second kappa shape index (κ2) is 9.26. The van der Waals surface area contributed by atoms with Crippen molar-refractivity contribution in [3.8, 4) is 0 Å². The predicted molar refractivity (Wildman–Crippen MR) is 181 cm³/mol. The number of hydrogen-bond acceptors (Lipinski definition) is 7. The molecule has 5 aliphatic rings. The van der Waals surface area contributed by atoms with Gasteiger partial charge >= 0.3 is 33.8 Å². The summed E-state index contributed by atoms with van der Waals surface area (Å²) in [5, 5.41) is 0. The number of pyridine rings is 1. The first-order valence-electron chi connectivity index (χ1n) is 15.2. The lowest BCUT2D eigenvalue weighted by Gasteiger charge is -2.53. The molecule has 1 aromatic carbocycles. The average Bonchev–Trinajstić information content (AvgIpc) is 3.59. The number of benzene rings is 1. The Morgan fingerprint density at radius 3 is 2.00 bits per heavy atom. The highest BCUT2D eigenvalue weighted by molar-refractivity contribution is 6.92. The molecule has 12 heteroatoms. The minimum absolute atomic E-state index is 0.0339. The van der Waals surface area contributed by atoms with Gasteiger partial charge in [-0.2, -0.15) is 4.98 Å².